The number of rotatable bonds is 5. The molecule has 0 saturated carbocycles. The molecule has 139 valence electrons. The van der Waals surface area contributed by atoms with Crippen molar-refractivity contribution in [2.75, 3.05) is 11.5 Å². The van der Waals surface area contributed by atoms with E-state index in [0.29, 0.717) is 12.8 Å². The summed E-state index contributed by atoms with van der Waals surface area (Å²) in [6.45, 7) is 0.114. The van der Waals surface area contributed by atoms with E-state index in [4.69, 9.17) is 0 Å². The van der Waals surface area contributed by atoms with Crippen LogP contribution in [0.4, 0.5) is 10.5 Å². The largest absolute Gasteiger partial charge is 0.396 e. The van der Waals surface area contributed by atoms with Gasteiger partial charge in [0.25, 0.3) is 0 Å². The van der Waals surface area contributed by atoms with Gasteiger partial charge in [0, 0.05) is 45.9 Å². The van der Waals surface area contributed by atoms with Crippen LogP contribution >= 0.6 is 0 Å². The molecule has 0 saturated heterocycles. The maximum Gasteiger partial charge on any atom is 0.352 e. The molecule has 1 aliphatic rings. The Hall–Kier alpha value is -3.51. The number of aliphatic hydroxyl groups excluding tert-OH is 1. The van der Waals surface area contributed by atoms with Crippen molar-refractivity contribution in [1.29, 1.82) is 0 Å². The standard InChI is InChI=1S/C22H19N4O2/c27-11-5-10-18-21(15-7-2-4-9-17(15)25-18)20-13-24-22(28)26(20)19-12-23-16-8-3-1-6-14(16)19/h1-4,6-9,12-13,23,25,27H,5,10-11H2. The fourth-order valence-electron chi connectivity index (χ4n) is 3.92. The number of hydrogen-bond donors (Lipinski definition) is 3. The number of aliphatic hydroxyl groups is 1. The molecule has 0 bridgehead atoms. The van der Waals surface area contributed by atoms with E-state index in [-0.39, 0.29) is 12.6 Å². The second kappa shape index (κ2) is 6.58. The number of fused-ring (bicyclic) bond motifs is 2. The summed E-state index contributed by atoms with van der Waals surface area (Å²) in [5.74, 6) is 0. The summed E-state index contributed by atoms with van der Waals surface area (Å²) in [5.41, 5.74) is 5.47. The quantitative estimate of drug-likeness (QED) is 0.493. The van der Waals surface area contributed by atoms with Crippen LogP contribution in [0, 0.1) is 0 Å². The number of nitrogens with zero attached hydrogens (tertiary/aromatic N) is 2. The van der Waals surface area contributed by atoms with Crippen molar-refractivity contribution in [3.05, 3.63) is 72.2 Å². The second-order valence-corrected chi connectivity index (χ2v) is 6.83. The average molecular weight is 371 g/mol. The molecule has 0 aliphatic carbocycles. The number of hydrogen-bond acceptors (Lipinski definition) is 2. The Morgan fingerprint density at radius 1 is 1.00 bits per heavy atom. The number of nitrogens with one attached hydrogen (secondary N) is 2. The number of benzene rings is 2. The van der Waals surface area contributed by atoms with E-state index in [1.165, 1.54) is 0 Å². The lowest BCUT2D eigenvalue weighted by atomic mass is 10.0. The molecule has 6 heteroatoms. The van der Waals surface area contributed by atoms with Crippen LogP contribution < -0.4 is 10.2 Å². The average Bonchev–Trinajstić information content (AvgIpc) is 3.40. The molecule has 3 N–H and O–H groups in total. The number of aromatic nitrogens is 2. The van der Waals surface area contributed by atoms with Crippen LogP contribution in [0.1, 0.15) is 17.7 Å². The highest BCUT2D eigenvalue weighted by molar-refractivity contribution is 6.16. The van der Waals surface area contributed by atoms with Gasteiger partial charge in [-0.1, -0.05) is 36.4 Å². The lowest BCUT2D eigenvalue weighted by molar-refractivity contribution is 0.252. The second-order valence-electron chi connectivity index (χ2n) is 6.83. The fraction of sp³-hybridized carbons (Fsp3) is 0.136. The molecule has 3 heterocycles. The van der Waals surface area contributed by atoms with Crippen LogP contribution in [0.15, 0.2) is 60.9 Å². The highest BCUT2D eigenvalue weighted by Crippen LogP contribution is 2.39. The lowest BCUT2D eigenvalue weighted by Crippen LogP contribution is -2.26. The maximum atomic E-state index is 12.7. The van der Waals surface area contributed by atoms with Gasteiger partial charge < -0.3 is 15.1 Å². The van der Waals surface area contributed by atoms with Crippen LogP contribution in [0.2, 0.25) is 0 Å². The molecular weight excluding hydrogens is 352 g/mol. The van der Waals surface area contributed by atoms with Gasteiger partial charge in [-0.2, -0.15) is 5.32 Å². The number of anilines is 1. The number of carbonyl (C=O) groups is 1. The molecule has 0 unspecified atom stereocenters. The normalized spacial score (nSPS) is 14.1. The maximum absolute atomic E-state index is 12.7. The highest BCUT2D eigenvalue weighted by Gasteiger charge is 2.32. The summed E-state index contributed by atoms with van der Waals surface area (Å²) >= 11 is 0. The minimum absolute atomic E-state index is 0.114. The van der Waals surface area contributed by atoms with Crippen molar-refractivity contribution in [2.24, 2.45) is 0 Å². The monoisotopic (exact) mass is 371 g/mol. The first-order valence-electron chi connectivity index (χ1n) is 9.30. The molecule has 2 aromatic carbocycles. The zero-order chi connectivity index (χ0) is 19.1. The summed E-state index contributed by atoms with van der Waals surface area (Å²) in [6, 6.07) is 15.6. The molecule has 28 heavy (non-hydrogen) atoms. The number of carbonyl (C=O) groups excluding carboxylic acids is 1. The predicted molar refractivity (Wildman–Crippen MR) is 110 cm³/mol. The van der Waals surface area contributed by atoms with Gasteiger partial charge in [0.15, 0.2) is 0 Å². The van der Waals surface area contributed by atoms with Crippen LogP contribution in [0.3, 0.4) is 0 Å². The van der Waals surface area contributed by atoms with Crippen LogP contribution in [-0.2, 0) is 6.42 Å². The van der Waals surface area contributed by atoms with Gasteiger partial charge in [0.05, 0.1) is 17.6 Å². The molecule has 4 aromatic rings. The molecular formula is C22H19N4O2. The molecule has 0 fully saturated rings. The van der Waals surface area contributed by atoms with Crippen LogP contribution in [0.5, 0.6) is 0 Å². The zero-order valence-corrected chi connectivity index (χ0v) is 15.1. The van der Waals surface area contributed by atoms with Crippen molar-refractivity contribution in [1.82, 2.24) is 15.3 Å². The van der Waals surface area contributed by atoms with E-state index in [1.54, 1.807) is 11.1 Å². The van der Waals surface area contributed by atoms with E-state index < -0.39 is 0 Å². The Kier molecular flexibility index (Phi) is 3.91. The SMILES string of the molecule is O=C1[N]C=C(c2c(CCCO)[nH]c3ccccc23)N1c1c[nH]c2ccccc12. The minimum atomic E-state index is -0.307. The first kappa shape index (κ1) is 16.6. The molecule has 6 nitrogen and oxygen atoms in total. The molecule has 1 radical (unpaired) electrons. The summed E-state index contributed by atoms with van der Waals surface area (Å²) in [7, 11) is 0. The molecule has 5 rings (SSSR count). The van der Waals surface area contributed by atoms with Crippen molar-refractivity contribution in [2.45, 2.75) is 12.8 Å². The van der Waals surface area contributed by atoms with E-state index in [0.717, 1.165) is 44.4 Å². The first-order chi connectivity index (χ1) is 13.8. The van der Waals surface area contributed by atoms with Gasteiger partial charge in [-0.15, -0.1) is 0 Å². The van der Waals surface area contributed by atoms with Gasteiger partial charge in [-0.05, 0) is 25.0 Å². The topological polar surface area (TPSA) is 86.2 Å². The zero-order valence-electron chi connectivity index (χ0n) is 15.1. The number of aryl methyl sites for hydroxylation is 1. The van der Waals surface area contributed by atoms with Crippen molar-refractivity contribution < 1.29 is 9.90 Å². The van der Waals surface area contributed by atoms with Gasteiger partial charge in [-0.3, -0.25) is 4.90 Å². The Balaban J connectivity index is 1.69. The molecule has 0 atom stereocenters. The number of amides is 2. The first-order valence-corrected chi connectivity index (χ1v) is 9.30. The Bertz CT molecular complexity index is 1220. The fourth-order valence-corrected chi connectivity index (χ4v) is 3.92. The third-order valence-electron chi connectivity index (χ3n) is 5.16. The van der Waals surface area contributed by atoms with E-state index in [1.807, 2.05) is 54.7 Å². The molecule has 2 aromatic heterocycles. The number of aromatic amines is 2. The van der Waals surface area contributed by atoms with Gasteiger partial charge in [0.1, 0.15) is 0 Å². The van der Waals surface area contributed by atoms with E-state index in [2.05, 4.69) is 15.3 Å². The summed E-state index contributed by atoms with van der Waals surface area (Å²) in [5, 5.41) is 15.4. The van der Waals surface area contributed by atoms with Gasteiger partial charge in [-0.25, -0.2) is 4.79 Å². The van der Waals surface area contributed by atoms with Crippen LogP contribution in [-0.4, -0.2) is 27.7 Å². The molecule has 0 spiro atoms. The van der Waals surface area contributed by atoms with Crippen molar-refractivity contribution >= 4 is 39.2 Å². The van der Waals surface area contributed by atoms with Gasteiger partial charge >= 0.3 is 6.03 Å². The minimum Gasteiger partial charge on any atom is -0.396 e. The Morgan fingerprint density at radius 2 is 1.75 bits per heavy atom. The lowest BCUT2D eigenvalue weighted by Gasteiger charge is -2.19. The van der Waals surface area contributed by atoms with Crippen molar-refractivity contribution in [3.63, 3.8) is 0 Å². The predicted octanol–water partition coefficient (Wildman–Crippen LogP) is 4.12. The van der Waals surface area contributed by atoms with Gasteiger partial charge in [0.2, 0.25) is 0 Å². The Morgan fingerprint density at radius 3 is 2.57 bits per heavy atom. The summed E-state index contributed by atoms with van der Waals surface area (Å²) in [6.07, 6.45) is 4.82. The summed E-state index contributed by atoms with van der Waals surface area (Å²) in [4.78, 5) is 21.1. The highest BCUT2D eigenvalue weighted by atomic mass is 16.3. The third kappa shape index (κ3) is 2.50. The molecule has 2 amide bonds. The number of para-hydroxylation sites is 2. The summed E-state index contributed by atoms with van der Waals surface area (Å²) < 4.78 is 0. The third-order valence-corrected chi connectivity index (χ3v) is 5.16. The number of urea groups is 1. The van der Waals surface area contributed by atoms with E-state index in [9.17, 15) is 9.90 Å². The number of H-pyrrole nitrogens is 2. The molecule has 1 aliphatic heterocycles. The van der Waals surface area contributed by atoms with E-state index >= 15 is 0 Å². The smallest absolute Gasteiger partial charge is 0.352 e. The Labute approximate surface area is 161 Å². The van der Waals surface area contributed by atoms with Crippen molar-refractivity contribution in [3.8, 4) is 0 Å². The van der Waals surface area contributed by atoms with Crippen LogP contribution in [0.25, 0.3) is 27.5 Å².